The van der Waals surface area contributed by atoms with Crippen LogP contribution in [0.3, 0.4) is 0 Å². The van der Waals surface area contributed by atoms with Gasteiger partial charge in [0.1, 0.15) is 0 Å². The third kappa shape index (κ3) is 3.52. The van der Waals surface area contributed by atoms with E-state index < -0.39 is 0 Å². The molecule has 1 aromatic carbocycles. The third-order valence-corrected chi connectivity index (χ3v) is 6.07. The van der Waals surface area contributed by atoms with Crippen molar-refractivity contribution in [3.05, 3.63) is 29.3 Å². The largest absolute Gasteiger partial charge is 0.329 e. The Balaban J connectivity index is 2.06. The highest BCUT2D eigenvalue weighted by Gasteiger charge is 2.52. The summed E-state index contributed by atoms with van der Waals surface area (Å²) < 4.78 is 0.231. The molecular weight excluding hydrogens is 286 g/mol. The molecule has 1 nitrogen and oxygen atoms in total. The van der Waals surface area contributed by atoms with E-state index in [1.807, 2.05) is 23.9 Å². The van der Waals surface area contributed by atoms with Crippen molar-refractivity contribution in [3.8, 4) is 0 Å². The van der Waals surface area contributed by atoms with Gasteiger partial charge in [0.25, 0.3) is 0 Å². The number of rotatable bonds is 7. The number of thioether (sulfide) groups is 1. The van der Waals surface area contributed by atoms with Crippen LogP contribution in [0.5, 0.6) is 0 Å². The van der Waals surface area contributed by atoms with Gasteiger partial charge in [0.2, 0.25) is 0 Å². The molecule has 3 heteroatoms. The smallest absolute Gasteiger partial charge is 0.0417 e. The second-order valence-electron chi connectivity index (χ2n) is 6.30. The molecule has 1 aromatic rings. The van der Waals surface area contributed by atoms with E-state index in [1.165, 1.54) is 43.4 Å². The Hall–Kier alpha value is -0.180. The van der Waals surface area contributed by atoms with Crippen LogP contribution in [0.4, 0.5) is 0 Å². The SMILES string of the molecule is CCCC1(CCC)CC(CN)(Sc2cccc(Cl)c2)C1. The second kappa shape index (κ2) is 6.72. The first-order chi connectivity index (χ1) is 9.57. The van der Waals surface area contributed by atoms with Gasteiger partial charge in [0, 0.05) is 21.2 Å². The molecule has 2 N–H and O–H groups in total. The number of hydrogen-bond donors (Lipinski definition) is 1. The van der Waals surface area contributed by atoms with E-state index in [-0.39, 0.29) is 4.75 Å². The van der Waals surface area contributed by atoms with Crippen molar-refractivity contribution in [2.24, 2.45) is 11.1 Å². The zero-order valence-corrected chi connectivity index (χ0v) is 14.2. The van der Waals surface area contributed by atoms with Crippen LogP contribution in [-0.2, 0) is 0 Å². The van der Waals surface area contributed by atoms with Crippen molar-refractivity contribution in [3.63, 3.8) is 0 Å². The number of nitrogens with two attached hydrogens (primary N) is 1. The van der Waals surface area contributed by atoms with Crippen LogP contribution >= 0.6 is 23.4 Å². The summed E-state index contributed by atoms with van der Waals surface area (Å²) in [4.78, 5) is 1.25. The van der Waals surface area contributed by atoms with E-state index in [0.29, 0.717) is 5.41 Å². The van der Waals surface area contributed by atoms with Crippen LogP contribution < -0.4 is 5.73 Å². The standard InChI is InChI=1S/C17H26ClNS/c1-3-8-16(9-4-2)11-17(12-16,13-19)20-15-7-5-6-14(18)10-15/h5-7,10H,3-4,8-9,11-13,19H2,1-2H3. The van der Waals surface area contributed by atoms with Gasteiger partial charge in [-0.3, -0.25) is 0 Å². The predicted molar refractivity (Wildman–Crippen MR) is 90.6 cm³/mol. The summed E-state index contributed by atoms with van der Waals surface area (Å²) in [7, 11) is 0. The van der Waals surface area contributed by atoms with E-state index in [4.69, 9.17) is 17.3 Å². The van der Waals surface area contributed by atoms with Crippen molar-refractivity contribution in [1.82, 2.24) is 0 Å². The molecule has 0 aliphatic heterocycles. The normalized spacial score (nSPS) is 19.6. The average Bonchev–Trinajstić information content (AvgIpc) is 2.37. The molecule has 1 fully saturated rings. The highest BCUT2D eigenvalue weighted by molar-refractivity contribution is 8.00. The van der Waals surface area contributed by atoms with Crippen LogP contribution in [-0.4, -0.2) is 11.3 Å². The summed E-state index contributed by atoms with van der Waals surface area (Å²) in [5.74, 6) is 0. The Bertz CT molecular complexity index is 432. The molecule has 2 rings (SSSR count). The lowest BCUT2D eigenvalue weighted by Gasteiger charge is -2.56. The van der Waals surface area contributed by atoms with Gasteiger partial charge >= 0.3 is 0 Å². The average molecular weight is 312 g/mol. The Morgan fingerprint density at radius 3 is 2.35 bits per heavy atom. The first-order valence-corrected chi connectivity index (χ1v) is 8.91. The maximum Gasteiger partial charge on any atom is 0.0417 e. The molecule has 1 aliphatic carbocycles. The summed E-state index contributed by atoms with van der Waals surface area (Å²) in [5.41, 5.74) is 6.66. The highest BCUT2D eigenvalue weighted by atomic mass is 35.5. The second-order valence-corrected chi connectivity index (χ2v) is 8.28. The molecule has 20 heavy (non-hydrogen) atoms. The van der Waals surface area contributed by atoms with Crippen molar-refractivity contribution in [2.45, 2.75) is 62.0 Å². The molecule has 0 unspecified atom stereocenters. The summed E-state index contributed by atoms with van der Waals surface area (Å²) >= 11 is 8.03. The number of halogens is 1. The molecule has 0 atom stereocenters. The van der Waals surface area contributed by atoms with Gasteiger partial charge in [0.15, 0.2) is 0 Å². The first kappa shape index (κ1) is 16.2. The van der Waals surface area contributed by atoms with Crippen LogP contribution in [0.25, 0.3) is 0 Å². The fourth-order valence-corrected chi connectivity index (χ4v) is 5.82. The number of benzene rings is 1. The Kier molecular flexibility index (Phi) is 5.44. The third-order valence-electron chi connectivity index (χ3n) is 4.46. The highest BCUT2D eigenvalue weighted by Crippen LogP contribution is 2.61. The fourth-order valence-electron chi connectivity index (χ4n) is 3.89. The van der Waals surface area contributed by atoms with Gasteiger partial charge in [0.05, 0.1) is 0 Å². The minimum atomic E-state index is 0.231. The molecular formula is C17H26ClNS. The summed E-state index contributed by atoms with van der Waals surface area (Å²) in [6.45, 7) is 5.35. The molecule has 0 spiro atoms. The van der Waals surface area contributed by atoms with E-state index in [2.05, 4.69) is 26.0 Å². The van der Waals surface area contributed by atoms with Crippen molar-refractivity contribution < 1.29 is 0 Å². The van der Waals surface area contributed by atoms with E-state index in [1.54, 1.807) is 0 Å². The molecule has 0 aromatic heterocycles. The lowest BCUT2D eigenvalue weighted by Crippen LogP contribution is -2.53. The Morgan fingerprint density at radius 1 is 1.20 bits per heavy atom. The van der Waals surface area contributed by atoms with Crippen molar-refractivity contribution in [1.29, 1.82) is 0 Å². The first-order valence-electron chi connectivity index (χ1n) is 7.72. The predicted octanol–water partition coefficient (Wildman–Crippen LogP) is 5.51. The number of hydrogen-bond acceptors (Lipinski definition) is 2. The Labute approximate surface area is 132 Å². The summed E-state index contributed by atoms with van der Waals surface area (Å²) in [6, 6.07) is 8.16. The molecule has 0 saturated heterocycles. The Morgan fingerprint density at radius 2 is 1.85 bits per heavy atom. The van der Waals surface area contributed by atoms with E-state index >= 15 is 0 Å². The van der Waals surface area contributed by atoms with Gasteiger partial charge < -0.3 is 5.73 Å². The zero-order chi connectivity index (χ0) is 14.6. The molecule has 0 radical (unpaired) electrons. The lowest BCUT2D eigenvalue weighted by molar-refractivity contribution is 0.0614. The van der Waals surface area contributed by atoms with Gasteiger partial charge in [-0.05, 0) is 49.3 Å². The topological polar surface area (TPSA) is 26.0 Å². The minimum absolute atomic E-state index is 0.231. The minimum Gasteiger partial charge on any atom is -0.329 e. The zero-order valence-electron chi connectivity index (χ0n) is 12.6. The molecule has 0 bridgehead atoms. The maximum atomic E-state index is 6.11. The van der Waals surface area contributed by atoms with Gasteiger partial charge in [-0.1, -0.05) is 44.4 Å². The van der Waals surface area contributed by atoms with Crippen LogP contribution in [0.2, 0.25) is 5.02 Å². The summed E-state index contributed by atoms with van der Waals surface area (Å²) in [6.07, 6.45) is 7.77. The fraction of sp³-hybridized carbons (Fsp3) is 0.647. The molecule has 0 amide bonds. The lowest BCUT2D eigenvalue weighted by atomic mass is 9.57. The molecule has 1 aliphatic rings. The quantitative estimate of drug-likeness (QED) is 0.718. The molecule has 112 valence electrons. The van der Waals surface area contributed by atoms with Gasteiger partial charge in [-0.2, -0.15) is 0 Å². The van der Waals surface area contributed by atoms with E-state index in [0.717, 1.165) is 11.6 Å². The van der Waals surface area contributed by atoms with Crippen molar-refractivity contribution >= 4 is 23.4 Å². The molecule has 0 heterocycles. The van der Waals surface area contributed by atoms with Crippen molar-refractivity contribution in [2.75, 3.05) is 6.54 Å². The van der Waals surface area contributed by atoms with E-state index in [9.17, 15) is 0 Å². The van der Waals surface area contributed by atoms with Crippen LogP contribution in [0.1, 0.15) is 52.4 Å². The van der Waals surface area contributed by atoms with Gasteiger partial charge in [-0.25, -0.2) is 0 Å². The monoisotopic (exact) mass is 311 g/mol. The van der Waals surface area contributed by atoms with Gasteiger partial charge in [-0.15, -0.1) is 11.8 Å². The molecule has 1 saturated carbocycles. The van der Waals surface area contributed by atoms with Crippen LogP contribution in [0, 0.1) is 5.41 Å². The summed E-state index contributed by atoms with van der Waals surface area (Å²) in [5, 5.41) is 0.815. The van der Waals surface area contributed by atoms with Crippen LogP contribution in [0.15, 0.2) is 29.2 Å². The maximum absolute atomic E-state index is 6.11.